The summed E-state index contributed by atoms with van der Waals surface area (Å²) in [7, 11) is 0. The van der Waals surface area contributed by atoms with Crippen LogP contribution >= 0.6 is 0 Å². The van der Waals surface area contributed by atoms with Crippen molar-refractivity contribution in [1.82, 2.24) is 9.80 Å². The van der Waals surface area contributed by atoms with E-state index in [4.69, 9.17) is 4.42 Å². The summed E-state index contributed by atoms with van der Waals surface area (Å²) in [5.74, 6) is 0.969. The highest BCUT2D eigenvalue weighted by Crippen LogP contribution is 2.46. The Kier molecular flexibility index (Phi) is 2.21. The van der Waals surface area contributed by atoms with Gasteiger partial charge in [0.1, 0.15) is 12.3 Å². The highest BCUT2D eigenvalue weighted by molar-refractivity contribution is 6.02. The molecule has 3 rings (SSSR count). The Morgan fingerprint density at radius 3 is 2.88 bits per heavy atom. The monoisotopic (exact) mass is 234 g/mol. The predicted molar refractivity (Wildman–Crippen MR) is 59.3 cm³/mol. The Morgan fingerprint density at radius 1 is 1.47 bits per heavy atom. The topological polar surface area (TPSA) is 53.8 Å². The molecule has 0 bridgehead atoms. The molecule has 5 heteroatoms. The van der Waals surface area contributed by atoms with Crippen LogP contribution in [0.15, 0.2) is 22.8 Å². The largest absolute Gasteiger partial charge is 0.469 e. The summed E-state index contributed by atoms with van der Waals surface area (Å²) in [6, 6.07) is 3.57. The first-order valence-corrected chi connectivity index (χ1v) is 5.86. The number of nitrogens with zero attached hydrogens (tertiary/aromatic N) is 2. The third-order valence-corrected chi connectivity index (χ3v) is 3.45. The summed E-state index contributed by atoms with van der Waals surface area (Å²) in [6.07, 6.45) is 2.44. The summed E-state index contributed by atoms with van der Waals surface area (Å²) in [4.78, 5) is 26.7. The van der Waals surface area contributed by atoms with E-state index in [9.17, 15) is 9.59 Å². The van der Waals surface area contributed by atoms with Gasteiger partial charge in [-0.1, -0.05) is 0 Å². The van der Waals surface area contributed by atoms with Gasteiger partial charge in [0.15, 0.2) is 0 Å². The molecule has 2 atom stereocenters. The lowest BCUT2D eigenvalue weighted by atomic mass is 10.3. The van der Waals surface area contributed by atoms with Gasteiger partial charge in [0, 0.05) is 12.5 Å². The lowest BCUT2D eigenvalue weighted by Crippen LogP contribution is -2.35. The van der Waals surface area contributed by atoms with Crippen LogP contribution in [0, 0.1) is 0 Å². The van der Waals surface area contributed by atoms with Crippen molar-refractivity contribution < 1.29 is 14.0 Å². The van der Waals surface area contributed by atoms with Crippen LogP contribution in [-0.2, 0) is 4.79 Å². The van der Waals surface area contributed by atoms with Gasteiger partial charge in [-0.05, 0) is 25.5 Å². The minimum Gasteiger partial charge on any atom is -0.469 e. The van der Waals surface area contributed by atoms with Crippen molar-refractivity contribution in [2.24, 2.45) is 0 Å². The van der Waals surface area contributed by atoms with E-state index >= 15 is 0 Å². The Labute approximate surface area is 99.0 Å². The molecule has 1 aliphatic carbocycles. The second-order valence-electron chi connectivity index (χ2n) is 4.49. The molecule has 0 unspecified atom stereocenters. The summed E-state index contributed by atoms with van der Waals surface area (Å²) in [5, 5.41) is 0. The molecule has 0 N–H and O–H groups in total. The number of carbonyl (C=O) groups excluding carboxylic acids is 2. The maximum absolute atomic E-state index is 11.9. The molecule has 1 aromatic rings. The second-order valence-corrected chi connectivity index (χ2v) is 4.49. The molecule has 2 heterocycles. The average Bonchev–Trinajstić information content (AvgIpc) is 2.79. The number of urea groups is 1. The van der Waals surface area contributed by atoms with Crippen molar-refractivity contribution in [2.45, 2.75) is 25.3 Å². The molecular formula is C12H14N2O3. The van der Waals surface area contributed by atoms with E-state index < -0.39 is 0 Å². The van der Waals surface area contributed by atoms with E-state index in [1.54, 1.807) is 11.2 Å². The van der Waals surface area contributed by atoms with E-state index in [0.29, 0.717) is 6.54 Å². The Balaban J connectivity index is 1.75. The van der Waals surface area contributed by atoms with E-state index in [1.807, 2.05) is 19.1 Å². The summed E-state index contributed by atoms with van der Waals surface area (Å²) in [5.41, 5.74) is 0. The fourth-order valence-electron chi connectivity index (χ4n) is 2.41. The minimum atomic E-state index is -0.156. The molecule has 17 heavy (non-hydrogen) atoms. The quantitative estimate of drug-likeness (QED) is 0.743. The van der Waals surface area contributed by atoms with Crippen LogP contribution in [0.1, 0.15) is 25.0 Å². The first-order valence-electron chi connectivity index (χ1n) is 5.86. The Morgan fingerprint density at radius 2 is 2.29 bits per heavy atom. The second kappa shape index (κ2) is 3.61. The van der Waals surface area contributed by atoms with Crippen LogP contribution in [0.3, 0.4) is 0 Å². The zero-order valence-electron chi connectivity index (χ0n) is 9.63. The van der Waals surface area contributed by atoms with Crippen molar-refractivity contribution >= 4 is 11.9 Å². The number of rotatable bonds is 3. The molecule has 1 aliphatic heterocycles. The molecule has 0 spiro atoms. The maximum Gasteiger partial charge on any atom is 0.327 e. The molecule has 90 valence electrons. The number of furan rings is 1. The first kappa shape index (κ1) is 10.4. The molecule has 2 fully saturated rings. The molecule has 1 saturated carbocycles. The normalized spacial score (nSPS) is 28.1. The van der Waals surface area contributed by atoms with Gasteiger partial charge in [-0.3, -0.25) is 9.69 Å². The van der Waals surface area contributed by atoms with Gasteiger partial charge < -0.3 is 9.32 Å². The fraction of sp³-hybridized carbons (Fsp3) is 0.500. The van der Waals surface area contributed by atoms with Gasteiger partial charge in [0.25, 0.3) is 5.91 Å². The van der Waals surface area contributed by atoms with Gasteiger partial charge in [-0.25, -0.2) is 4.79 Å². The number of imide groups is 1. The average molecular weight is 234 g/mol. The zero-order chi connectivity index (χ0) is 12.0. The highest BCUT2D eigenvalue weighted by atomic mass is 16.3. The van der Waals surface area contributed by atoms with Crippen LogP contribution in [-0.4, -0.2) is 40.9 Å². The number of carbonyl (C=O) groups is 2. The van der Waals surface area contributed by atoms with Gasteiger partial charge in [0.05, 0.1) is 12.3 Å². The molecule has 2 aliphatic rings. The fourth-order valence-corrected chi connectivity index (χ4v) is 2.41. The van der Waals surface area contributed by atoms with E-state index in [2.05, 4.69) is 0 Å². The van der Waals surface area contributed by atoms with E-state index in [0.717, 1.165) is 12.2 Å². The van der Waals surface area contributed by atoms with Gasteiger partial charge in [-0.15, -0.1) is 0 Å². The molecule has 0 aromatic carbocycles. The van der Waals surface area contributed by atoms with Gasteiger partial charge in [0.2, 0.25) is 0 Å². The van der Waals surface area contributed by atoms with E-state index in [-0.39, 0.29) is 30.4 Å². The van der Waals surface area contributed by atoms with Gasteiger partial charge in [-0.2, -0.15) is 0 Å². The number of amides is 3. The zero-order valence-corrected chi connectivity index (χ0v) is 9.63. The molecule has 3 amide bonds. The lowest BCUT2D eigenvalue weighted by molar-refractivity contribution is -0.125. The van der Waals surface area contributed by atoms with E-state index in [1.165, 1.54) is 4.90 Å². The molecule has 5 nitrogen and oxygen atoms in total. The highest BCUT2D eigenvalue weighted by Gasteiger charge is 2.52. The van der Waals surface area contributed by atoms with Crippen molar-refractivity contribution in [1.29, 1.82) is 0 Å². The number of hydrogen-bond donors (Lipinski definition) is 0. The van der Waals surface area contributed by atoms with Crippen molar-refractivity contribution in [2.75, 3.05) is 13.1 Å². The minimum absolute atomic E-state index is 0.00213. The van der Waals surface area contributed by atoms with Crippen molar-refractivity contribution in [3.63, 3.8) is 0 Å². The SMILES string of the molecule is CCN1CC(=O)N([C@@H]2C[C@H]2c2ccco2)C1=O. The summed E-state index contributed by atoms with van der Waals surface area (Å²) in [6.45, 7) is 2.68. The maximum atomic E-state index is 11.9. The standard InChI is InChI=1S/C12H14N2O3/c1-2-13-7-11(15)14(12(13)16)9-6-8(9)10-4-3-5-17-10/h3-5,8-9H,2,6-7H2,1H3/t8-,9-/m1/s1. The van der Waals surface area contributed by atoms with Crippen LogP contribution in [0.2, 0.25) is 0 Å². The molecular weight excluding hydrogens is 220 g/mol. The van der Waals surface area contributed by atoms with Crippen LogP contribution in [0.25, 0.3) is 0 Å². The third kappa shape index (κ3) is 1.53. The Hall–Kier alpha value is -1.78. The smallest absolute Gasteiger partial charge is 0.327 e. The van der Waals surface area contributed by atoms with Crippen LogP contribution < -0.4 is 0 Å². The Bertz CT molecular complexity index is 454. The summed E-state index contributed by atoms with van der Waals surface area (Å²) >= 11 is 0. The number of likely N-dealkylation sites (N-methyl/N-ethyl adjacent to an activating group) is 1. The molecule has 1 saturated heterocycles. The predicted octanol–water partition coefficient (Wildman–Crippen LogP) is 1.42. The first-order chi connectivity index (χ1) is 8.22. The molecule has 1 aromatic heterocycles. The summed E-state index contributed by atoms with van der Waals surface area (Å²) < 4.78 is 5.31. The number of hydrogen-bond acceptors (Lipinski definition) is 3. The van der Waals surface area contributed by atoms with Crippen LogP contribution in [0.4, 0.5) is 4.79 Å². The van der Waals surface area contributed by atoms with Gasteiger partial charge >= 0.3 is 6.03 Å². The van der Waals surface area contributed by atoms with Crippen LogP contribution in [0.5, 0.6) is 0 Å². The van der Waals surface area contributed by atoms with Crippen molar-refractivity contribution in [3.05, 3.63) is 24.2 Å². The third-order valence-electron chi connectivity index (χ3n) is 3.45. The lowest BCUT2D eigenvalue weighted by Gasteiger charge is -2.15. The molecule has 0 radical (unpaired) electrons. The van der Waals surface area contributed by atoms with Crippen molar-refractivity contribution in [3.8, 4) is 0 Å².